The van der Waals surface area contributed by atoms with Crippen molar-refractivity contribution >= 4 is 44.6 Å². The van der Waals surface area contributed by atoms with Gasteiger partial charge in [-0.2, -0.15) is 0 Å². The van der Waals surface area contributed by atoms with E-state index in [9.17, 15) is 42.3 Å². The lowest BCUT2D eigenvalue weighted by molar-refractivity contribution is -0.187. The molecule has 0 radical (unpaired) electrons. The standard InChI is InChI=1S/C28H30FN3O3.C25H26N2O5.C24H22F2N2O4/c1-6-28(35-13(2)3)15(5)34-12-18-19(28)9-23-26-17(11-32(23)27(18)33)24-21(30)8-7-16-14(4)20(29)10-22(31-26)25(16)24;1-5-15-16-9-14(28)7-8-20(16)26-22-17(15)11-27-21(22)10-19-18(23(27)29)12-31-24(30)25(19,6-2)32-13(3)4;1-4-24(32-12(2)3)9-21(29)31-11-15-16(24)7-20-22-14(10-28(20)23(15)30)5-13-6-17(25)18(26)8-19(13)27-22/h9-10,13,21H,5-8,11-12,30H2,1-4H3;7-10,13,28H,5-6,11-12H2,1-4H3;5-8,12H,4,9-11H2,1-3H3/t21-,28+;25-;24-/m001/s1. The predicted octanol–water partition coefficient (Wildman–Crippen LogP) is 12.9. The number of esters is 2. The van der Waals surface area contributed by atoms with Gasteiger partial charge < -0.3 is 53.0 Å². The molecule has 12 heterocycles. The lowest BCUT2D eigenvalue weighted by Crippen LogP contribution is -2.47. The smallest absolute Gasteiger partial charge is 0.343 e. The predicted molar refractivity (Wildman–Crippen MR) is 365 cm³/mol. The van der Waals surface area contributed by atoms with Gasteiger partial charge in [-0.25, -0.2) is 32.9 Å². The second-order valence-corrected chi connectivity index (χ2v) is 27.6. The number of carbonyl (C=O) groups excluding carboxylic acids is 2. The topological polar surface area (TPSA) is 240 Å². The summed E-state index contributed by atoms with van der Waals surface area (Å²) in [4.78, 5) is 80.5. The van der Waals surface area contributed by atoms with Crippen LogP contribution in [0.2, 0.25) is 0 Å². The maximum atomic E-state index is 14.8. The summed E-state index contributed by atoms with van der Waals surface area (Å²) in [5, 5.41) is 12.3. The Labute approximate surface area is 568 Å². The zero-order valence-corrected chi connectivity index (χ0v) is 57.3. The van der Waals surface area contributed by atoms with E-state index in [0.29, 0.717) is 116 Å². The Morgan fingerprint density at radius 3 is 1.80 bits per heavy atom. The highest BCUT2D eigenvalue weighted by Gasteiger charge is 2.50. The number of fused-ring (bicyclic) bond motifs is 15. The van der Waals surface area contributed by atoms with E-state index in [1.165, 1.54) is 6.07 Å². The van der Waals surface area contributed by atoms with Crippen molar-refractivity contribution in [1.82, 2.24) is 28.7 Å². The van der Waals surface area contributed by atoms with Crippen LogP contribution in [0.25, 0.3) is 66.9 Å². The number of carbonyl (C=O) groups is 2. The zero-order chi connectivity index (χ0) is 70.4. The van der Waals surface area contributed by atoms with E-state index in [-0.39, 0.29) is 85.4 Å². The quantitative estimate of drug-likeness (QED) is 0.121. The fraction of sp³-hybridized carbons (Fsp3) is 0.403. The maximum Gasteiger partial charge on any atom is 0.343 e. The van der Waals surface area contributed by atoms with Gasteiger partial charge in [-0.3, -0.25) is 19.2 Å². The lowest BCUT2D eigenvalue weighted by atomic mass is 9.82. The number of aryl methyl sites for hydroxylation is 2. The van der Waals surface area contributed by atoms with Crippen molar-refractivity contribution in [3.8, 4) is 39.9 Å². The van der Waals surface area contributed by atoms with Crippen LogP contribution in [0, 0.1) is 24.4 Å². The summed E-state index contributed by atoms with van der Waals surface area (Å²) in [6.45, 7) is 26.2. The Morgan fingerprint density at radius 1 is 0.606 bits per heavy atom. The molecule has 4 atom stereocenters. The number of cyclic esters (lactones) is 2. The molecule has 3 aromatic carbocycles. The third kappa shape index (κ3) is 10.4. The van der Waals surface area contributed by atoms with Crippen molar-refractivity contribution in [3.05, 3.63) is 194 Å². The summed E-state index contributed by atoms with van der Waals surface area (Å²) in [7, 11) is 0. The number of nitrogens with two attached hydrogens (primary N) is 1. The molecule has 22 heteroatoms. The highest BCUT2D eigenvalue weighted by Crippen LogP contribution is 2.50. The van der Waals surface area contributed by atoms with Gasteiger partial charge >= 0.3 is 11.9 Å². The van der Waals surface area contributed by atoms with Crippen LogP contribution < -0.4 is 22.4 Å². The van der Waals surface area contributed by atoms with Gasteiger partial charge in [0.2, 0.25) is 0 Å². The van der Waals surface area contributed by atoms with Crippen LogP contribution in [0.15, 0.2) is 87.4 Å². The number of aromatic nitrogens is 6. The average Bonchev–Trinajstić information content (AvgIpc) is 1.62. The van der Waals surface area contributed by atoms with E-state index < -0.39 is 40.4 Å². The summed E-state index contributed by atoms with van der Waals surface area (Å²) in [5.74, 6) is -2.37. The van der Waals surface area contributed by atoms with Gasteiger partial charge in [-0.05, 0) is 163 Å². The van der Waals surface area contributed by atoms with Gasteiger partial charge in [0.15, 0.2) is 17.2 Å². The molecule has 514 valence electrons. The summed E-state index contributed by atoms with van der Waals surface area (Å²) >= 11 is 0. The Hall–Kier alpha value is -9.35. The van der Waals surface area contributed by atoms with Crippen LogP contribution in [0.1, 0.15) is 180 Å². The van der Waals surface area contributed by atoms with Gasteiger partial charge in [-0.15, -0.1) is 0 Å². The van der Waals surface area contributed by atoms with E-state index in [4.69, 9.17) is 44.1 Å². The maximum absolute atomic E-state index is 14.8. The number of hydrogen-bond acceptors (Lipinski definition) is 16. The van der Waals surface area contributed by atoms with Gasteiger partial charge in [0.25, 0.3) is 16.7 Å². The van der Waals surface area contributed by atoms with Crippen LogP contribution in [0.5, 0.6) is 5.75 Å². The number of ether oxygens (including phenoxy) is 6. The summed E-state index contributed by atoms with van der Waals surface area (Å²) in [6.07, 6.45) is 3.09. The number of pyridine rings is 6. The van der Waals surface area contributed by atoms with Crippen molar-refractivity contribution in [2.45, 2.75) is 202 Å². The second kappa shape index (κ2) is 24.5. The molecule has 0 unspecified atom stereocenters. The molecule has 0 saturated carbocycles. The second-order valence-electron chi connectivity index (χ2n) is 27.6. The minimum absolute atomic E-state index is 0.0000669. The van der Waals surface area contributed by atoms with Crippen LogP contribution in [-0.4, -0.2) is 64.0 Å². The number of nitrogens with zero attached hydrogens (tertiary/aromatic N) is 6. The Balaban J connectivity index is 0.000000127. The van der Waals surface area contributed by atoms with Crippen LogP contribution in [0.3, 0.4) is 0 Å². The van der Waals surface area contributed by atoms with Gasteiger partial charge in [0.05, 0.1) is 112 Å². The van der Waals surface area contributed by atoms with Gasteiger partial charge in [-0.1, -0.05) is 34.3 Å². The van der Waals surface area contributed by atoms with Crippen molar-refractivity contribution in [2.24, 2.45) is 5.73 Å². The molecular formula is C77H78F3N7O12. The number of halogens is 3. The molecule has 0 saturated heterocycles. The first-order chi connectivity index (χ1) is 47.2. The van der Waals surface area contributed by atoms with Gasteiger partial charge in [0, 0.05) is 62.2 Å². The number of benzene rings is 3. The highest BCUT2D eigenvalue weighted by atomic mass is 19.2. The van der Waals surface area contributed by atoms with Crippen LogP contribution in [-0.2, 0) is 107 Å². The Morgan fingerprint density at radius 2 is 1.15 bits per heavy atom. The molecule has 7 aliphatic rings. The lowest BCUT2D eigenvalue weighted by Gasteiger charge is -2.41. The third-order valence-electron chi connectivity index (χ3n) is 20.8. The van der Waals surface area contributed by atoms with E-state index in [1.54, 1.807) is 38.0 Å². The molecule has 6 aliphatic heterocycles. The van der Waals surface area contributed by atoms with E-state index >= 15 is 0 Å². The van der Waals surface area contributed by atoms with Crippen molar-refractivity contribution < 1.29 is 56.3 Å². The van der Waals surface area contributed by atoms with Crippen molar-refractivity contribution in [3.63, 3.8) is 0 Å². The SMILES string of the molecule is C=C1OCc2c(cc3n(c2=O)Cc2c-3nc3cc(F)c(C)c4c3c2[C@@H](N)CC4)[C@]1(CC)OC(C)C.CC[C@@]1(OC(C)C)CC(=O)OCc2c1cc1n(c2=O)Cc2cc3cc(F)c(F)cc3nc2-1.CCc1c2c(nc3ccc(O)cc13)-c1cc3c(c(=O)n1C2)COC(=O)[C@@]3(CC)OC(C)C. The van der Waals surface area contributed by atoms with E-state index in [2.05, 4.69) is 18.5 Å². The van der Waals surface area contributed by atoms with E-state index in [0.717, 1.165) is 92.3 Å². The number of aromatic hydroxyl groups is 1. The van der Waals surface area contributed by atoms with Crippen molar-refractivity contribution in [1.29, 1.82) is 0 Å². The molecule has 9 aromatic rings. The average molecular weight is 1350 g/mol. The summed E-state index contributed by atoms with van der Waals surface area (Å²) in [5.41, 5.74) is 18.2. The minimum atomic E-state index is -1.31. The Kier molecular flexibility index (Phi) is 16.6. The molecule has 3 N–H and O–H groups in total. The first-order valence-corrected chi connectivity index (χ1v) is 34.0. The molecule has 0 spiro atoms. The normalized spacial score (nSPS) is 20.3. The Bertz CT molecular complexity index is 5210. The molecule has 0 amide bonds. The molecule has 99 heavy (non-hydrogen) atoms. The first kappa shape index (κ1) is 66.9. The van der Waals surface area contributed by atoms with Crippen LogP contribution in [0.4, 0.5) is 13.2 Å². The number of rotatable bonds is 10. The summed E-state index contributed by atoms with van der Waals surface area (Å²) < 4.78 is 82.8. The highest BCUT2D eigenvalue weighted by molar-refractivity contribution is 5.94. The molecule has 16 rings (SSSR count). The third-order valence-corrected chi connectivity index (χ3v) is 20.8. The minimum Gasteiger partial charge on any atom is -0.508 e. The number of phenols is 1. The molecule has 0 fully saturated rings. The molecule has 0 bridgehead atoms. The first-order valence-electron chi connectivity index (χ1n) is 34.0. The molecule has 6 aromatic heterocycles. The fourth-order valence-electron chi connectivity index (χ4n) is 16.2. The monoisotopic (exact) mass is 1350 g/mol. The largest absolute Gasteiger partial charge is 0.508 e. The number of phenolic OH excluding ortho intramolecular Hbond substituents is 1. The zero-order valence-electron chi connectivity index (χ0n) is 57.3. The molecule has 1 aliphatic carbocycles. The van der Waals surface area contributed by atoms with Crippen LogP contribution >= 0.6 is 0 Å². The van der Waals surface area contributed by atoms with Crippen molar-refractivity contribution in [2.75, 3.05) is 0 Å². The fourth-order valence-corrected chi connectivity index (χ4v) is 16.2. The molecular weight excluding hydrogens is 1270 g/mol. The molecule has 19 nitrogen and oxygen atoms in total. The van der Waals surface area contributed by atoms with E-state index in [1.807, 2.05) is 87.4 Å². The summed E-state index contributed by atoms with van der Waals surface area (Å²) in [6, 6.07) is 16.1. The number of hydrogen-bond donors (Lipinski definition) is 2. The van der Waals surface area contributed by atoms with Gasteiger partial charge in [0.1, 0.15) is 48.3 Å².